The molecule has 344 valence electrons. The Kier molecular flexibility index (Phi) is 17.7. The molecule has 3 saturated heterocycles. The molecule has 0 aromatic heterocycles. The fraction of sp³-hybridized carbons (Fsp3) is 0.709. The van der Waals surface area contributed by atoms with E-state index in [9.17, 15) is 14.4 Å². The minimum atomic E-state index is -0.883. The van der Waals surface area contributed by atoms with Gasteiger partial charge >= 0.3 is 0 Å². The highest BCUT2D eigenvalue weighted by molar-refractivity contribution is 6.07. The molecule has 5 rings (SSSR count). The Morgan fingerprint density at radius 2 is 1.02 bits per heavy atom. The summed E-state index contributed by atoms with van der Waals surface area (Å²) in [7, 11) is 0. The van der Waals surface area contributed by atoms with Crippen LogP contribution in [0.2, 0.25) is 0 Å². The molecule has 3 heterocycles. The molecule has 3 aliphatic heterocycles. The van der Waals surface area contributed by atoms with Crippen LogP contribution >= 0.6 is 0 Å². The standard InChI is InChI=1S/C55H85N3O4/c1-10-11-12-13-14-15-16-17-18-19-20-21-22-23-24-31-36-57-49(60)46(39-52(3,4)42-32-27-25-28-33-42)47(51(57)62)55(9,43-34-29-26-30-35-43)40-45-41(2)48(59)58(50(45)61)44-37-53(5,6)56-54(7,8)38-44/h25-30,32-35,41,44-47,56H,10-24,31,36-40H2,1-9H3. The summed E-state index contributed by atoms with van der Waals surface area (Å²) in [4.78, 5) is 62.2. The molecule has 5 atom stereocenters. The predicted octanol–water partition coefficient (Wildman–Crippen LogP) is 12.5. The fourth-order valence-corrected chi connectivity index (χ4v) is 12.0. The molecule has 0 radical (unpaired) electrons. The number of hydrogen-bond acceptors (Lipinski definition) is 5. The molecule has 7 heteroatoms. The molecular formula is C55H85N3O4. The van der Waals surface area contributed by atoms with E-state index in [-0.39, 0.29) is 46.2 Å². The number of benzene rings is 2. The lowest BCUT2D eigenvalue weighted by molar-refractivity contribution is -0.145. The number of hydrogen-bond donors (Lipinski definition) is 1. The second-order valence-electron chi connectivity index (χ2n) is 22.1. The van der Waals surface area contributed by atoms with Crippen molar-refractivity contribution in [2.24, 2.45) is 23.7 Å². The van der Waals surface area contributed by atoms with Gasteiger partial charge in [0.05, 0.1) is 17.8 Å². The van der Waals surface area contributed by atoms with Crippen molar-refractivity contribution in [3.05, 3.63) is 71.8 Å². The van der Waals surface area contributed by atoms with Gasteiger partial charge in [0.1, 0.15) is 0 Å². The first-order valence-corrected chi connectivity index (χ1v) is 25.0. The van der Waals surface area contributed by atoms with Gasteiger partial charge in [-0.05, 0) is 76.3 Å². The average Bonchev–Trinajstić information content (AvgIpc) is 3.57. The summed E-state index contributed by atoms with van der Waals surface area (Å²) in [6.45, 7) is 19.6. The lowest BCUT2D eigenvalue weighted by atomic mass is 9.60. The zero-order chi connectivity index (χ0) is 45.1. The Morgan fingerprint density at radius 3 is 1.50 bits per heavy atom. The van der Waals surface area contributed by atoms with E-state index >= 15 is 4.79 Å². The van der Waals surface area contributed by atoms with Crippen LogP contribution in [0.5, 0.6) is 0 Å². The normalized spacial score (nSPS) is 24.0. The zero-order valence-corrected chi connectivity index (χ0v) is 40.5. The van der Waals surface area contributed by atoms with Crippen LogP contribution < -0.4 is 5.32 Å². The molecule has 5 unspecified atom stereocenters. The minimum absolute atomic E-state index is 0.0882. The summed E-state index contributed by atoms with van der Waals surface area (Å²) in [5, 5.41) is 3.70. The molecule has 7 nitrogen and oxygen atoms in total. The van der Waals surface area contributed by atoms with Crippen molar-refractivity contribution in [1.82, 2.24) is 15.1 Å². The number of nitrogens with one attached hydrogen (secondary N) is 1. The monoisotopic (exact) mass is 852 g/mol. The Balaban J connectivity index is 1.30. The number of carbonyl (C=O) groups excluding carboxylic acids is 4. The summed E-state index contributed by atoms with van der Waals surface area (Å²) in [5.41, 5.74) is 0.320. The SMILES string of the molecule is CCCCCCCCCCCCCCCCCCN1C(=O)C(CC(C)(C)c2ccccc2)C(C(C)(CC2C(=O)N(C3CC(C)(C)NC(C)(C)C3)C(=O)C2C)c2ccccc2)C1=O. The predicted molar refractivity (Wildman–Crippen MR) is 255 cm³/mol. The van der Waals surface area contributed by atoms with Crippen LogP contribution in [0.25, 0.3) is 0 Å². The van der Waals surface area contributed by atoms with Gasteiger partial charge in [0.25, 0.3) is 0 Å². The van der Waals surface area contributed by atoms with Crippen molar-refractivity contribution < 1.29 is 19.2 Å². The number of piperidine rings is 1. The first-order valence-electron chi connectivity index (χ1n) is 25.0. The highest BCUT2D eigenvalue weighted by atomic mass is 16.2. The molecule has 2 aromatic rings. The number of amides is 4. The first-order chi connectivity index (χ1) is 29.4. The molecule has 3 fully saturated rings. The van der Waals surface area contributed by atoms with Crippen molar-refractivity contribution in [3.63, 3.8) is 0 Å². The van der Waals surface area contributed by atoms with E-state index in [0.717, 1.165) is 30.4 Å². The van der Waals surface area contributed by atoms with Gasteiger partial charge in [-0.1, -0.05) is 192 Å². The zero-order valence-electron chi connectivity index (χ0n) is 40.5. The van der Waals surface area contributed by atoms with Gasteiger partial charge in [0.15, 0.2) is 0 Å². The number of carbonyl (C=O) groups is 4. The second-order valence-corrected chi connectivity index (χ2v) is 22.1. The third-order valence-electron chi connectivity index (χ3n) is 15.1. The lowest BCUT2D eigenvalue weighted by Gasteiger charge is -2.48. The summed E-state index contributed by atoms with van der Waals surface area (Å²) < 4.78 is 0. The maximum atomic E-state index is 15.2. The summed E-state index contributed by atoms with van der Waals surface area (Å²) in [6.07, 6.45) is 22.5. The quantitative estimate of drug-likeness (QED) is 0.0794. The average molecular weight is 852 g/mol. The van der Waals surface area contributed by atoms with Crippen molar-refractivity contribution in [2.75, 3.05) is 6.54 Å². The molecule has 4 amide bonds. The van der Waals surface area contributed by atoms with Gasteiger partial charge in [-0.3, -0.25) is 29.0 Å². The van der Waals surface area contributed by atoms with Crippen LogP contribution in [0, 0.1) is 23.7 Å². The largest absolute Gasteiger partial charge is 0.307 e. The minimum Gasteiger partial charge on any atom is -0.307 e. The molecule has 1 N–H and O–H groups in total. The molecule has 62 heavy (non-hydrogen) atoms. The Labute approximate surface area is 377 Å². The van der Waals surface area contributed by atoms with Crippen molar-refractivity contribution in [1.29, 1.82) is 0 Å². The third-order valence-corrected chi connectivity index (χ3v) is 15.1. The molecule has 0 spiro atoms. The highest BCUT2D eigenvalue weighted by Gasteiger charge is 2.60. The van der Waals surface area contributed by atoms with Crippen LogP contribution in [-0.2, 0) is 30.0 Å². The van der Waals surface area contributed by atoms with Gasteiger partial charge < -0.3 is 5.32 Å². The molecule has 0 bridgehead atoms. The summed E-state index contributed by atoms with van der Waals surface area (Å²) in [5.74, 6) is -2.85. The van der Waals surface area contributed by atoms with Crippen molar-refractivity contribution in [2.45, 2.75) is 219 Å². The van der Waals surface area contributed by atoms with E-state index in [2.05, 4.69) is 85.0 Å². The molecular weight excluding hydrogens is 767 g/mol. The second kappa shape index (κ2) is 22.0. The fourth-order valence-electron chi connectivity index (χ4n) is 12.0. The van der Waals surface area contributed by atoms with Crippen molar-refractivity contribution >= 4 is 23.6 Å². The molecule has 2 aromatic carbocycles. The highest BCUT2D eigenvalue weighted by Crippen LogP contribution is 2.52. The topological polar surface area (TPSA) is 86.8 Å². The van der Waals surface area contributed by atoms with Crippen LogP contribution in [0.1, 0.15) is 202 Å². The van der Waals surface area contributed by atoms with Crippen LogP contribution in [-0.4, -0.2) is 57.1 Å². The maximum absolute atomic E-state index is 15.2. The number of nitrogens with zero attached hydrogens (tertiary/aromatic N) is 2. The number of rotatable bonds is 25. The van der Waals surface area contributed by atoms with E-state index in [0.29, 0.717) is 32.2 Å². The van der Waals surface area contributed by atoms with Crippen LogP contribution in [0.3, 0.4) is 0 Å². The van der Waals surface area contributed by atoms with E-state index < -0.39 is 29.1 Å². The van der Waals surface area contributed by atoms with Crippen molar-refractivity contribution in [3.8, 4) is 0 Å². The Morgan fingerprint density at radius 1 is 0.565 bits per heavy atom. The van der Waals surface area contributed by atoms with Gasteiger partial charge in [0, 0.05) is 35.0 Å². The van der Waals surface area contributed by atoms with Gasteiger partial charge in [-0.25, -0.2) is 0 Å². The molecule has 3 aliphatic rings. The maximum Gasteiger partial charge on any atom is 0.233 e. The van der Waals surface area contributed by atoms with E-state index in [4.69, 9.17) is 0 Å². The van der Waals surface area contributed by atoms with Gasteiger partial charge in [-0.15, -0.1) is 0 Å². The number of unbranched alkanes of at least 4 members (excludes halogenated alkanes) is 15. The Hall–Kier alpha value is -3.32. The summed E-state index contributed by atoms with van der Waals surface area (Å²) >= 11 is 0. The summed E-state index contributed by atoms with van der Waals surface area (Å²) in [6, 6.07) is 20.2. The molecule has 0 saturated carbocycles. The van der Waals surface area contributed by atoms with E-state index in [1.807, 2.05) is 43.3 Å². The van der Waals surface area contributed by atoms with E-state index in [1.165, 1.54) is 83.5 Å². The van der Waals surface area contributed by atoms with E-state index in [1.54, 1.807) is 9.80 Å². The number of imide groups is 2. The van der Waals surface area contributed by atoms with Gasteiger partial charge in [0.2, 0.25) is 23.6 Å². The van der Waals surface area contributed by atoms with Crippen LogP contribution in [0.4, 0.5) is 0 Å². The Bertz CT molecular complexity index is 1740. The van der Waals surface area contributed by atoms with Gasteiger partial charge in [-0.2, -0.15) is 0 Å². The smallest absolute Gasteiger partial charge is 0.233 e. The third kappa shape index (κ3) is 12.5. The molecule has 0 aliphatic carbocycles. The lowest BCUT2D eigenvalue weighted by Crippen LogP contribution is -2.63. The van der Waals surface area contributed by atoms with Crippen LogP contribution in [0.15, 0.2) is 60.7 Å². The first kappa shape index (κ1) is 49.7. The number of likely N-dealkylation sites (tertiary alicyclic amines) is 2.